The number of anilines is 5. The Labute approximate surface area is 332 Å². The molecule has 0 atom stereocenters. The molecule has 278 valence electrons. The summed E-state index contributed by atoms with van der Waals surface area (Å²) >= 11 is 0. The summed E-state index contributed by atoms with van der Waals surface area (Å²) in [6, 6.07) is 42.1. The van der Waals surface area contributed by atoms with Gasteiger partial charge in [-0.2, -0.15) is 0 Å². The normalized spacial score (nSPS) is 17.7. The first-order valence-corrected chi connectivity index (χ1v) is 21.1. The molecule has 0 unspecified atom stereocenters. The van der Waals surface area contributed by atoms with Crippen LogP contribution in [0.1, 0.15) is 108 Å². The quantitative estimate of drug-likeness (QED) is 0.130. The zero-order valence-corrected chi connectivity index (χ0v) is 34.0. The van der Waals surface area contributed by atoms with Gasteiger partial charge < -0.3 is 14.1 Å². The van der Waals surface area contributed by atoms with Gasteiger partial charge in [0.15, 0.2) is 0 Å². The molecule has 4 aliphatic rings. The Hall–Kier alpha value is -5.22. The van der Waals surface area contributed by atoms with Crippen molar-refractivity contribution in [1.29, 1.82) is 0 Å². The fourth-order valence-corrected chi connectivity index (χ4v) is 11.2. The van der Waals surface area contributed by atoms with Crippen LogP contribution in [-0.2, 0) is 22.7 Å². The third-order valence-corrected chi connectivity index (χ3v) is 14.3. The van der Waals surface area contributed by atoms with Gasteiger partial charge in [-0.3, -0.25) is 0 Å². The SMILES string of the molecule is CCCCCc1cc2c3c(c1)N1c4ccccc4C(C)(C)c4cccc(c41)B3N(c1ccc3c(c1)C(C)(C)CCC3(C)C)c1ccc3oc4ccccc4c3c1-2. The van der Waals surface area contributed by atoms with E-state index in [2.05, 4.69) is 167 Å². The molecule has 11 rings (SSSR count). The molecular weight excluding hydrogens is 679 g/mol. The maximum Gasteiger partial charge on any atom is 0.333 e. The standard InChI is InChI=1S/C52H51BN2O/c1-8-9-10-16-32-29-35-46-42(25-26-45-47(46)34-17-11-14-22-44(34)56-45)55(33-23-24-36-39(31-33)51(4,5)28-27-50(36,2)3)53-40-20-15-19-38-49(40)54(43(30-32)48(35)53)41-21-13-12-18-37(41)52(38,6)7/h11-15,17-26,29-31H,8-10,16,27-28H2,1-7H3. The number of aryl methyl sites for hydroxylation is 1. The molecule has 0 fully saturated rings. The average Bonchev–Trinajstić information content (AvgIpc) is 3.58. The molecule has 4 heteroatoms. The van der Waals surface area contributed by atoms with Crippen molar-refractivity contribution >= 4 is 68.1 Å². The van der Waals surface area contributed by atoms with E-state index in [-0.39, 0.29) is 23.1 Å². The Morgan fingerprint density at radius 2 is 1.41 bits per heavy atom. The third kappa shape index (κ3) is 4.53. The van der Waals surface area contributed by atoms with Crippen molar-refractivity contribution in [2.45, 2.75) is 103 Å². The lowest BCUT2D eigenvalue weighted by Gasteiger charge is -2.51. The van der Waals surface area contributed by atoms with Crippen molar-refractivity contribution in [1.82, 2.24) is 0 Å². The van der Waals surface area contributed by atoms with Crippen molar-refractivity contribution in [3.05, 3.63) is 137 Å². The molecule has 0 bridgehead atoms. The van der Waals surface area contributed by atoms with Gasteiger partial charge in [0.2, 0.25) is 0 Å². The molecule has 0 N–H and O–H groups in total. The molecule has 1 aliphatic carbocycles. The van der Waals surface area contributed by atoms with E-state index in [9.17, 15) is 0 Å². The Morgan fingerprint density at radius 3 is 2.25 bits per heavy atom. The van der Waals surface area contributed by atoms with E-state index in [0.717, 1.165) is 17.6 Å². The monoisotopic (exact) mass is 730 g/mol. The van der Waals surface area contributed by atoms with Crippen LogP contribution in [0.3, 0.4) is 0 Å². The average molecular weight is 731 g/mol. The van der Waals surface area contributed by atoms with Crippen LogP contribution in [-0.4, -0.2) is 6.85 Å². The van der Waals surface area contributed by atoms with Gasteiger partial charge in [-0.05, 0) is 123 Å². The summed E-state index contributed by atoms with van der Waals surface area (Å²) in [5.41, 5.74) is 21.0. The fraction of sp³-hybridized carbons (Fsp3) is 0.308. The lowest BCUT2D eigenvalue weighted by atomic mass is 9.42. The van der Waals surface area contributed by atoms with E-state index in [1.807, 2.05) is 0 Å². The van der Waals surface area contributed by atoms with Gasteiger partial charge in [0.25, 0.3) is 0 Å². The first-order chi connectivity index (χ1) is 27.0. The van der Waals surface area contributed by atoms with Crippen LogP contribution >= 0.6 is 0 Å². The summed E-state index contributed by atoms with van der Waals surface area (Å²) in [6.07, 6.45) is 7.07. The van der Waals surface area contributed by atoms with E-state index in [1.165, 1.54) is 121 Å². The molecule has 4 heterocycles. The minimum atomic E-state index is -0.155. The predicted molar refractivity (Wildman–Crippen MR) is 238 cm³/mol. The third-order valence-electron chi connectivity index (χ3n) is 14.3. The van der Waals surface area contributed by atoms with E-state index in [0.29, 0.717) is 0 Å². The van der Waals surface area contributed by atoms with Crippen LogP contribution in [0, 0.1) is 0 Å². The Kier molecular flexibility index (Phi) is 7.10. The first kappa shape index (κ1) is 34.1. The number of rotatable bonds is 5. The van der Waals surface area contributed by atoms with Gasteiger partial charge in [-0.25, -0.2) is 0 Å². The number of fused-ring (bicyclic) bond motifs is 11. The zero-order valence-electron chi connectivity index (χ0n) is 34.0. The molecule has 0 amide bonds. The molecule has 0 saturated heterocycles. The predicted octanol–water partition coefficient (Wildman–Crippen LogP) is 13.0. The van der Waals surface area contributed by atoms with Crippen LogP contribution < -0.4 is 20.6 Å². The van der Waals surface area contributed by atoms with Crippen molar-refractivity contribution in [3.8, 4) is 11.1 Å². The highest BCUT2D eigenvalue weighted by Gasteiger charge is 2.50. The molecule has 1 aromatic heterocycles. The number of nitrogens with zero attached hydrogens (tertiary/aromatic N) is 2. The van der Waals surface area contributed by atoms with Crippen LogP contribution in [0.4, 0.5) is 28.4 Å². The smallest absolute Gasteiger partial charge is 0.333 e. The molecule has 7 aromatic rings. The number of benzene rings is 6. The van der Waals surface area contributed by atoms with Crippen molar-refractivity contribution < 1.29 is 4.42 Å². The highest BCUT2D eigenvalue weighted by atomic mass is 16.3. The molecule has 6 aromatic carbocycles. The van der Waals surface area contributed by atoms with Crippen molar-refractivity contribution in [2.75, 3.05) is 9.71 Å². The van der Waals surface area contributed by atoms with Gasteiger partial charge in [0.1, 0.15) is 11.2 Å². The Bertz CT molecular complexity index is 2780. The zero-order chi connectivity index (χ0) is 38.3. The van der Waals surface area contributed by atoms with Crippen LogP contribution in [0.5, 0.6) is 0 Å². The molecule has 0 radical (unpaired) electrons. The first-order valence-electron chi connectivity index (χ1n) is 21.1. The second-order valence-corrected chi connectivity index (χ2v) is 19.0. The molecule has 0 saturated carbocycles. The van der Waals surface area contributed by atoms with E-state index in [1.54, 1.807) is 0 Å². The summed E-state index contributed by atoms with van der Waals surface area (Å²) in [5.74, 6) is 0. The maximum absolute atomic E-state index is 6.67. The maximum atomic E-state index is 6.67. The van der Waals surface area contributed by atoms with Gasteiger partial charge >= 0.3 is 6.85 Å². The Morgan fingerprint density at radius 1 is 0.643 bits per heavy atom. The summed E-state index contributed by atoms with van der Waals surface area (Å²) < 4.78 is 6.67. The number of hydrogen-bond acceptors (Lipinski definition) is 3. The number of furan rings is 1. The lowest BCUT2D eigenvalue weighted by molar-refractivity contribution is 0.332. The molecule has 56 heavy (non-hydrogen) atoms. The van der Waals surface area contributed by atoms with Gasteiger partial charge in [0.05, 0.1) is 5.69 Å². The number of unbranched alkanes of at least 4 members (excludes halogenated alkanes) is 2. The highest BCUT2D eigenvalue weighted by Crippen LogP contribution is 2.56. The number of para-hydroxylation sites is 3. The topological polar surface area (TPSA) is 19.6 Å². The van der Waals surface area contributed by atoms with Gasteiger partial charge in [-0.1, -0.05) is 128 Å². The summed E-state index contributed by atoms with van der Waals surface area (Å²) in [5, 5.41) is 2.40. The number of hydrogen-bond donors (Lipinski definition) is 0. The summed E-state index contributed by atoms with van der Waals surface area (Å²) in [6.45, 7) is 16.9. The van der Waals surface area contributed by atoms with E-state index in [4.69, 9.17) is 4.42 Å². The van der Waals surface area contributed by atoms with E-state index >= 15 is 0 Å². The second kappa shape index (κ2) is 11.7. The summed E-state index contributed by atoms with van der Waals surface area (Å²) in [4.78, 5) is 5.37. The molecule has 0 spiro atoms. The van der Waals surface area contributed by atoms with Crippen LogP contribution in [0.25, 0.3) is 33.1 Å². The minimum Gasteiger partial charge on any atom is -0.456 e. The lowest BCUT2D eigenvalue weighted by Crippen LogP contribution is -2.62. The van der Waals surface area contributed by atoms with Crippen molar-refractivity contribution in [3.63, 3.8) is 0 Å². The largest absolute Gasteiger partial charge is 0.456 e. The molecule has 3 aliphatic heterocycles. The van der Waals surface area contributed by atoms with Crippen molar-refractivity contribution in [2.24, 2.45) is 0 Å². The van der Waals surface area contributed by atoms with Gasteiger partial charge in [0, 0.05) is 44.5 Å². The highest BCUT2D eigenvalue weighted by molar-refractivity contribution is 6.93. The van der Waals surface area contributed by atoms with Crippen LogP contribution in [0.15, 0.2) is 114 Å². The second-order valence-electron chi connectivity index (χ2n) is 19.0. The van der Waals surface area contributed by atoms with Gasteiger partial charge in [-0.15, -0.1) is 0 Å². The molecule has 3 nitrogen and oxygen atoms in total. The van der Waals surface area contributed by atoms with E-state index < -0.39 is 0 Å². The fourth-order valence-electron chi connectivity index (χ4n) is 11.2. The molecular formula is C52H51BN2O. The summed E-state index contributed by atoms with van der Waals surface area (Å²) in [7, 11) is 0. The van der Waals surface area contributed by atoms with Crippen LogP contribution in [0.2, 0.25) is 0 Å². The Balaban J connectivity index is 1.29. The minimum absolute atomic E-state index is 0.0159.